The number of aryl methyl sites for hydroxylation is 2. The fraction of sp³-hybridized carbons (Fsp3) is 0.848. The van der Waals surface area contributed by atoms with Crippen LogP contribution < -0.4 is 0 Å². The summed E-state index contributed by atoms with van der Waals surface area (Å²) in [4.78, 5) is 0. The van der Waals surface area contributed by atoms with Crippen LogP contribution in [0.3, 0.4) is 0 Å². The first-order valence-electron chi connectivity index (χ1n) is 21.7. The Labute approximate surface area is 292 Å². The average molecular weight is 638 g/mol. The van der Waals surface area contributed by atoms with Gasteiger partial charge in [0.25, 0.3) is 0 Å². The van der Waals surface area contributed by atoms with E-state index in [2.05, 4.69) is 39.8 Å². The third-order valence-electron chi connectivity index (χ3n) is 10.6. The van der Waals surface area contributed by atoms with Crippen LogP contribution in [0.2, 0.25) is 0 Å². The Kier molecular flexibility index (Phi) is 32.1. The summed E-state index contributed by atoms with van der Waals surface area (Å²) in [5, 5.41) is 0. The lowest BCUT2D eigenvalue weighted by atomic mass is 9.88. The van der Waals surface area contributed by atoms with Gasteiger partial charge in [-0.15, -0.1) is 0 Å². The van der Waals surface area contributed by atoms with Crippen molar-refractivity contribution in [3.8, 4) is 0 Å². The van der Waals surface area contributed by atoms with E-state index < -0.39 is 0 Å². The van der Waals surface area contributed by atoms with Gasteiger partial charge >= 0.3 is 0 Å². The van der Waals surface area contributed by atoms with Crippen LogP contribution in [0.5, 0.6) is 0 Å². The van der Waals surface area contributed by atoms with Crippen LogP contribution in [-0.2, 0) is 19.3 Å². The third-order valence-corrected chi connectivity index (χ3v) is 10.6. The highest BCUT2D eigenvalue weighted by Gasteiger charge is 2.11. The Balaban J connectivity index is 2.47. The van der Waals surface area contributed by atoms with Crippen molar-refractivity contribution in [1.82, 2.24) is 0 Å². The molecule has 0 bridgehead atoms. The van der Waals surface area contributed by atoms with Crippen molar-refractivity contribution in [3.05, 3.63) is 41.3 Å². The number of hydrogen-bond donors (Lipinski definition) is 0. The maximum absolute atomic E-state index is 4.45. The van der Waals surface area contributed by atoms with Crippen molar-refractivity contribution >= 4 is 0 Å². The molecule has 0 aliphatic carbocycles. The summed E-state index contributed by atoms with van der Waals surface area (Å²) < 4.78 is 0. The van der Waals surface area contributed by atoms with Gasteiger partial charge in [-0.25, -0.2) is 0 Å². The van der Waals surface area contributed by atoms with E-state index in [9.17, 15) is 0 Å². The van der Waals surface area contributed by atoms with Gasteiger partial charge < -0.3 is 0 Å². The Bertz CT molecular complexity index is 697. The van der Waals surface area contributed by atoms with Crippen molar-refractivity contribution in [2.24, 2.45) is 0 Å². The molecule has 0 nitrogen and oxygen atoms in total. The molecular formula is C46H85. The molecule has 1 rings (SSSR count). The van der Waals surface area contributed by atoms with Gasteiger partial charge in [-0.2, -0.15) is 0 Å². The summed E-state index contributed by atoms with van der Waals surface area (Å²) in [6, 6.07) is 4.93. The first kappa shape index (κ1) is 43.2. The Morgan fingerprint density at radius 3 is 0.783 bits per heavy atom. The van der Waals surface area contributed by atoms with Gasteiger partial charge in [0.15, 0.2) is 0 Å². The van der Waals surface area contributed by atoms with Crippen LogP contribution >= 0.6 is 0 Å². The zero-order valence-electron chi connectivity index (χ0n) is 32.3. The topological polar surface area (TPSA) is 0 Å². The zero-order chi connectivity index (χ0) is 33.2. The minimum atomic E-state index is 1.26. The van der Waals surface area contributed by atoms with Crippen molar-refractivity contribution in [2.45, 2.75) is 252 Å². The molecule has 46 heavy (non-hydrogen) atoms. The fourth-order valence-corrected chi connectivity index (χ4v) is 7.56. The van der Waals surface area contributed by atoms with E-state index in [0.29, 0.717) is 0 Å². The second kappa shape index (κ2) is 34.1. The molecule has 0 unspecified atom stereocenters. The molecule has 0 amide bonds. The van der Waals surface area contributed by atoms with Gasteiger partial charge in [-0.1, -0.05) is 226 Å². The molecule has 0 aliphatic rings. The predicted molar refractivity (Wildman–Crippen MR) is 211 cm³/mol. The summed E-state index contributed by atoms with van der Waals surface area (Å²) in [6.07, 6.45) is 51.0. The van der Waals surface area contributed by atoms with Crippen LogP contribution in [0.4, 0.5) is 0 Å². The summed E-state index contributed by atoms with van der Waals surface area (Å²) in [6.45, 7) is 11.4. The smallest absolute Gasteiger partial charge is 0.0238 e. The summed E-state index contributed by atoms with van der Waals surface area (Å²) in [7, 11) is 0. The molecule has 0 heterocycles. The van der Waals surface area contributed by atoms with Crippen molar-refractivity contribution in [3.63, 3.8) is 0 Å². The first-order valence-corrected chi connectivity index (χ1v) is 21.7. The van der Waals surface area contributed by atoms with Crippen LogP contribution in [0, 0.1) is 6.92 Å². The van der Waals surface area contributed by atoms with Gasteiger partial charge in [-0.05, 0) is 67.7 Å². The monoisotopic (exact) mass is 638 g/mol. The lowest BCUT2D eigenvalue weighted by Crippen LogP contribution is -2.03. The van der Waals surface area contributed by atoms with E-state index in [-0.39, 0.29) is 0 Å². The van der Waals surface area contributed by atoms with E-state index in [0.717, 1.165) is 0 Å². The minimum absolute atomic E-state index is 1.26. The SMILES string of the molecule is [CH2]c1cc(CCCCCCCCCCCCC)c(CCCCCCCCCCCCC)c(CCCCCCCCCCCCC)c1. The minimum Gasteiger partial charge on any atom is -0.0654 e. The largest absolute Gasteiger partial charge is 0.0654 e. The van der Waals surface area contributed by atoms with E-state index in [1.54, 1.807) is 16.7 Å². The summed E-state index contributed by atoms with van der Waals surface area (Å²) in [5.74, 6) is 0. The van der Waals surface area contributed by atoms with Gasteiger partial charge in [0, 0.05) is 0 Å². The van der Waals surface area contributed by atoms with Crippen molar-refractivity contribution in [2.75, 3.05) is 0 Å². The van der Waals surface area contributed by atoms with Crippen LogP contribution in [0.1, 0.15) is 255 Å². The molecule has 0 aromatic heterocycles. The van der Waals surface area contributed by atoms with Crippen molar-refractivity contribution in [1.29, 1.82) is 0 Å². The van der Waals surface area contributed by atoms with Gasteiger partial charge in [0.1, 0.15) is 0 Å². The molecular weight excluding hydrogens is 553 g/mol. The number of rotatable bonds is 36. The van der Waals surface area contributed by atoms with Gasteiger partial charge in [-0.3, -0.25) is 0 Å². The van der Waals surface area contributed by atoms with Crippen LogP contribution in [0.15, 0.2) is 12.1 Å². The lowest BCUT2D eigenvalue weighted by Gasteiger charge is -2.17. The molecule has 0 atom stereocenters. The van der Waals surface area contributed by atoms with Crippen LogP contribution in [0.25, 0.3) is 0 Å². The van der Waals surface area contributed by atoms with Gasteiger partial charge in [0.2, 0.25) is 0 Å². The van der Waals surface area contributed by atoms with E-state index in [1.165, 1.54) is 237 Å². The molecule has 0 saturated heterocycles. The number of benzene rings is 1. The Morgan fingerprint density at radius 1 is 0.304 bits per heavy atom. The maximum atomic E-state index is 4.45. The molecule has 0 spiro atoms. The third kappa shape index (κ3) is 26.2. The highest BCUT2D eigenvalue weighted by molar-refractivity contribution is 5.41. The molecule has 1 aromatic carbocycles. The Hall–Kier alpha value is -0.780. The second-order valence-corrected chi connectivity index (χ2v) is 15.2. The standard InChI is InChI=1S/C46H85/c1-5-8-11-14-17-20-23-26-29-32-35-38-44-41-43(4)42-45(39-36-33-30-27-24-21-18-15-12-9-6-2)46(44)40-37-34-31-28-25-22-19-16-13-10-7-3/h41-42H,4-40H2,1-3H3. The summed E-state index contributed by atoms with van der Waals surface area (Å²) in [5.41, 5.74) is 6.32. The molecule has 0 aliphatic heterocycles. The molecule has 0 heteroatoms. The Morgan fingerprint density at radius 2 is 0.522 bits per heavy atom. The number of unbranched alkanes of at least 4 members (excludes halogenated alkanes) is 30. The van der Waals surface area contributed by atoms with Gasteiger partial charge in [0.05, 0.1) is 0 Å². The zero-order valence-corrected chi connectivity index (χ0v) is 32.3. The highest BCUT2D eigenvalue weighted by Crippen LogP contribution is 2.26. The molecule has 269 valence electrons. The van der Waals surface area contributed by atoms with E-state index in [1.807, 2.05) is 0 Å². The number of hydrogen-bond acceptors (Lipinski definition) is 0. The predicted octanol–water partition coefficient (Wildman–Crippen LogP) is 16.4. The second-order valence-electron chi connectivity index (χ2n) is 15.2. The van der Waals surface area contributed by atoms with E-state index >= 15 is 0 Å². The lowest BCUT2D eigenvalue weighted by molar-refractivity contribution is 0.545. The molecule has 1 radical (unpaired) electrons. The normalized spacial score (nSPS) is 11.6. The maximum Gasteiger partial charge on any atom is -0.0238 e. The van der Waals surface area contributed by atoms with E-state index in [4.69, 9.17) is 0 Å². The highest BCUT2D eigenvalue weighted by atomic mass is 14.2. The van der Waals surface area contributed by atoms with Crippen molar-refractivity contribution < 1.29 is 0 Å². The molecule has 1 aromatic rings. The summed E-state index contributed by atoms with van der Waals surface area (Å²) >= 11 is 0. The average Bonchev–Trinajstić information content (AvgIpc) is 3.05. The molecule has 0 saturated carbocycles. The van der Waals surface area contributed by atoms with Crippen LogP contribution in [-0.4, -0.2) is 0 Å². The quantitative estimate of drug-likeness (QED) is 0.0642. The first-order chi connectivity index (χ1) is 22.7. The molecule has 0 fully saturated rings. The fourth-order valence-electron chi connectivity index (χ4n) is 7.56. The molecule has 0 N–H and O–H groups in total.